The number of benzene rings is 1. The first kappa shape index (κ1) is 11.1. The van der Waals surface area contributed by atoms with Crippen LogP contribution in [-0.2, 0) is 9.53 Å². The van der Waals surface area contributed by atoms with Crippen molar-refractivity contribution in [1.82, 2.24) is 0 Å². The van der Waals surface area contributed by atoms with E-state index < -0.39 is 0 Å². The van der Waals surface area contributed by atoms with Gasteiger partial charge >= 0.3 is 5.97 Å². The quantitative estimate of drug-likeness (QED) is 0.452. The van der Waals surface area contributed by atoms with E-state index in [2.05, 4.69) is 4.74 Å². The maximum absolute atomic E-state index is 10.7. The van der Waals surface area contributed by atoms with Crippen molar-refractivity contribution in [2.24, 2.45) is 0 Å². The smallest absolute Gasteiger partial charge is 0.330 e. The highest BCUT2D eigenvalue weighted by Crippen LogP contribution is 2.22. The first-order valence-electron chi connectivity index (χ1n) is 3.89. The highest BCUT2D eigenvalue weighted by atomic mass is 35.5. The number of hydrogen-bond acceptors (Lipinski definition) is 3. The lowest BCUT2D eigenvalue weighted by molar-refractivity contribution is -0.134. The van der Waals surface area contributed by atoms with E-state index >= 15 is 0 Å². The van der Waals surface area contributed by atoms with E-state index in [-0.39, 0.29) is 5.97 Å². The maximum Gasteiger partial charge on any atom is 0.330 e. The van der Waals surface area contributed by atoms with Gasteiger partial charge in [-0.05, 0) is 23.6 Å². The highest BCUT2D eigenvalue weighted by Gasteiger charge is 1.93. The molecule has 0 aromatic heterocycles. The Morgan fingerprint density at radius 2 is 2.36 bits per heavy atom. The van der Waals surface area contributed by atoms with Gasteiger partial charge in [-0.3, -0.25) is 0 Å². The first-order valence-corrected chi connectivity index (χ1v) is 5.15. The summed E-state index contributed by atoms with van der Waals surface area (Å²) in [7, 11) is 1.34. The SMILES string of the molecule is COC(=O)C=CSc1cccc(Cl)c1. The lowest BCUT2D eigenvalue weighted by Gasteiger charge is -1.95. The molecule has 0 saturated carbocycles. The topological polar surface area (TPSA) is 26.3 Å². The molecule has 1 aromatic carbocycles. The number of rotatable bonds is 3. The molecule has 1 aromatic rings. The molecule has 0 aliphatic rings. The molecule has 0 bridgehead atoms. The van der Waals surface area contributed by atoms with Crippen molar-refractivity contribution >= 4 is 29.3 Å². The highest BCUT2D eigenvalue weighted by molar-refractivity contribution is 8.02. The molecule has 2 nitrogen and oxygen atoms in total. The van der Waals surface area contributed by atoms with E-state index in [1.807, 2.05) is 18.2 Å². The fraction of sp³-hybridized carbons (Fsp3) is 0.100. The summed E-state index contributed by atoms with van der Waals surface area (Å²) < 4.78 is 4.45. The molecule has 14 heavy (non-hydrogen) atoms. The van der Waals surface area contributed by atoms with Gasteiger partial charge in [0.1, 0.15) is 0 Å². The van der Waals surface area contributed by atoms with Gasteiger partial charge in [-0.2, -0.15) is 0 Å². The van der Waals surface area contributed by atoms with E-state index in [1.54, 1.807) is 11.5 Å². The first-order chi connectivity index (χ1) is 6.72. The normalized spacial score (nSPS) is 10.4. The molecule has 4 heteroatoms. The summed E-state index contributed by atoms with van der Waals surface area (Å²) in [6.07, 6.45) is 1.37. The van der Waals surface area contributed by atoms with Gasteiger partial charge < -0.3 is 4.74 Å². The van der Waals surface area contributed by atoms with Crippen LogP contribution in [0.15, 0.2) is 40.6 Å². The Kier molecular flexibility index (Phi) is 4.56. The van der Waals surface area contributed by atoms with Crippen LogP contribution in [0.1, 0.15) is 0 Å². The van der Waals surface area contributed by atoms with Crippen molar-refractivity contribution in [2.45, 2.75) is 4.90 Å². The Morgan fingerprint density at radius 3 is 3.00 bits per heavy atom. The average molecular weight is 229 g/mol. The Hall–Kier alpha value is -0.930. The average Bonchev–Trinajstić information content (AvgIpc) is 2.17. The zero-order valence-corrected chi connectivity index (χ0v) is 9.14. The minimum Gasteiger partial charge on any atom is -0.466 e. The van der Waals surface area contributed by atoms with Gasteiger partial charge in [0.05, 0.1) is 7.11 Å². The maximum atomic E-state index is 10.7. The van der Waals surface area contributed by atoms with E-state index in [4.69, 9.17) is 11.6 Å². The molecule has 1 rings (SSSR count). The summed E-state index contributed by atoms with van der Waals surface area (Å²) in [6, 6.07) is 7.40. The molecule has 0 fully saturated rings. The third-order valence-electron chi connectivity index (χ3n) is 1.41. The summed E-state index contributed by atoms with van der Waals surface area (Å²) in [6.45, 7) is 0. The van der Waals surface area contributed by atoms with Crippen LogP contribution < -0.4 is 0 Å². The number of esters is 1. The number of hydrogen-bond donors (Lipinski definition) is 0. The Morgan fingerprint density at radius 1 is 1.57 bits per heavy atom. The number of thioether (sulfide) groups is 1. The molecular weight excluding hydrogens is 220 g/mol. The predicted octanol–water partition coefficient (Wildman–Crippen LogP) is 3.12. The predicted molar refractivity (Wildman–Crippen MR) is 58.5 cm³/mol. The monoisotopic (exact) mass is 228 g/mol. The fourth-order valence-corrected chi connectivity index (χ4v) is 1.72. The molecule has 0 saturated heterocycles. The van der Waals surface area contributed by atoms with Gasteiger partial charge in [-0.1, -0.05) is 29.4 Å². The number of methoxy groups -OCH3 is 1. The summed E-state index contributed by atoms with van der Waals surface area (Å²) in [5.41, 5.74) is 0. The van der Waals surface area contributed by atoms with E-state index in [9.17, 15) is 4.79 Å². The molecule has 0 amide bonds. The number of ether oxygens (including phenoxy) is 1. The zero-order chi connectivity index (χ0) is 10.4. The summed E-state index contributed by atoms with van der Waals surface area (Å²) in [5, 5.41) is 2.35. The summed E-state index contributed by atoms with van der Waals surface area (Å²) in [4.78, 5) is 11.7. The second-order valence-corrected chi connectivity index (χ2v) is 3.82. The molecule has 0 atom stereocenters. The van der Waals surface area contributed by atoms with Crippen molar-refractivity contribution < 1.29 is 9.53 Å². The van der Waals surface area contributed by atoms with Crippen LogP contribution in [-0.4, -0.2) is 13.1 Å². The van der Waals surface area contributed by atoms with Crippen molar-refractivity contribution in [3.8, 4) is 0 Å². The fourth-order valence-electron chi connectivity index (χ4n) is 0.776. The van der Waals surface area contributed by atoms with Crippen LogP contribution in [0.5, 0.6) is 0 Å². The number of halogens is 1. The molecule has 74 valence electrons. The van der Waals surface area contributed by atoms with Crippen molar-refractivity contribution in [3.63, 3.8) is 0 Å². The Labute approximate surface area is 91.9 Å². The number of carbonyl (C=O) groups is 1. The molecular formula is C10H9ClO2S. The van der Waals surface area contributed by atoms with E-state index in [1.165, 1.54) is 24.9 Å². The van der Waals surface area contributed by atoms with Crippen LogP contribution in [0.2, 0.25) is 5.02 Å². The molecule has 0 spiro atoms. The van der Waals surface area contributed by atoms with Crippen LogP contribution in [0.3, 0.4) is 0 Å². The standard InChI is InChI=1S/C10H9ClO2S/c1-13-10(12)5-6-14-9-4-2-3-8(11)7-9/h2-7H,1H3. The minimum atomic E-state index is -0.362. The molecule has 0 aliphatic heterocycles. The van der Waals surface area contributed by atoms with Crippen LogP contribution in [0, 0.1) is 0 Å². The third kappa shape index (κ3) is 3.85. The second-order valence-electron chi connectivity index (χ2n) is 2.40. The van der Waals surface area contributed by atoms with Gasteiger partial charge in [0.15, 0.2) is 0 Å². The lowest BCUT2D eigenvalue weighted by atomic mass is 10.4. The second kappa shape index (κ2) is 5.73. The van der Waals surface area contributed by atoms with E-state index in [0.29, 0.717) is 5.02 Å². The van der Waals surface area contributed by atoms with Crippen LogP contribution in [0.4, 0.5) is 0 Å². The van der Waals surface area contributed by atoms with Gasteiger partial charge in [-0.15, -0.1) is 0 Å². The molecule has 0 heterocycles. The van der Waals surface area contributed by atoms with E-state index in [0.717, 1.165) is 4.90 Å². The number of carbonyl (C=O) groups excluding carboxylic acids is 1. The van der Waals surface area contributed by atoms with Gasteiger partial charge in [0.2, 0.25) is 0 Å². The van der Waals surface area contributed by atoms with Crippen molar-refractivity contribution in [1.29, 1.82) is 0 Å². The lowest BCUT2D eigenvalue weighted by Crippen LogP contribution is -1.92. The Bertz CT molecular complexity index is 350. The summed E-state index contributed by atoms with van der Waals surface area (Å²) >= 11 is 7.20. The zero-order valence-electron chi connectivity index (χ0n) is 7.57. The molecule has 0 radical (unpaired) electrons. The van der Waals surface area contributed by atoms with Gasteiger partial charge in [0, 0.05) is 16.0 Å². The largest absolute Gasteiger partial charge is 0.466 e. The molecule has 0 aliphatic carbocycles. The van der Waals surface area contributed by atoms with Crippen LogP contribution >= 0.6 is 23.4 Å². The third-order valence-corrected chi connectivity index (χ3v) is 2.44. The molecule has 0 unspecified atom stereocenters. The van der Waals surface area contributed by atoms with Gasteiger partial charge in [-0.25, -0.2) is 4.79 Å². The van der Waals surface area contributed by atoms with Crippen molar-refractivity contribution in [2.75, 3.05) is 7.11 Å². The van der Waals surface area contributed by atoms with Gasteiger partial charge in [0.25, 0.3) is 0 Å². The minimum absolute atomic E-state index is 0.362. The molecule has 0 N–H and O–H groups in total. The Balaban J connectivity index is 2.53. The summed E-state index contributed by atoms with van der Waals surface area (Å²) in [5.74, 6) is -0.362. The van der Waals surface area contributed by atoms with Crippen molar-refractivity contribution in [3.05, 3.63) is 40.8 Å². The van der Waals surface area contributed by atoms with Crippen LogP contribution in [0.25, 0.3) is 0 Å².